The molecule has 14 heavy (non-hydrogen) atoms. The number of alkyl halides is 1. The van der Waals surface area contributed by atoms with Crippen molar-refractivity contribution in [1.82, 2.24) is 0 Å². The highest BCUT2D eigenvalue weighted by Gasteiger charge is 2.28. The van der Waals surface area contributed by atoms with Crippen molar-refractivity contribution in [2.24, 2.45) is 5.92 Å². The molecule has 1 aliphatic carbocycles. The number of hydrogen-bond donors (Lipinski definition) is 0. The van der Waals surface area contributed by atoms with Gasteiger partial charge < -0.3 is 0 Å². The van der Waals surface area contributed by atoms with Gasteiger partial charge in [0.25, 0.3) is 0 Å². The Morgan fingerprint density at radius 3 is 2.79 bits per heavy atom. The van der Waals surface area contributed by atoms with Crippen LogP contribution in [0.25, 0.3) is 0 Å². The van der Waals surface area contributed by atoms with E-state index in [0.717, 1.165) is 10.7 Å². The largest absolute Gasteiger partial charge is 0.0888 e. The average Bonchev–Trinajstić information content (AvgIpc) is 2.97. The third kappa shape index (κ3) is 3.09. The van der Waals surface area contributed by atoms with E-state index < -0.39 is 0 Å². The maximum Gasteiger partial charge on any atom is 0.0177 e. The zero-order chi connectivity index (χ0) is 9.97. The lowest BCUT2D eigenvalue weighted by Gasteiger charge is -2.07. The molecule has 1 aliphatic rings. The lowest BCUT2D eigenvalue weighted by molar-refractivity contribution is 0.696. The first-order valence-electron chi connectivity index (χ1n) is 5.14. The Morgan fingerprint density at radius 1 is 1.36 bits per heavy atom. The second-order valence-corrected chi connectivity index (χ2v) is 6.11. The Balaban J connectivity index is 1.84. The normalized spacial score (nSPS) is 18.1. The van der Waals surface area contributed by atoms with E-state index in [0.29, 0.717) is 0 Å². The summed E-state index contributed by atoms with van der Waals surface area (Å²) >= 11 is 7.27. The van der Waals surface area contributed by atoms with Crippen molar-refractivity contribution >= 4 is 31.9 Å². The van der Waals surface area contributed by atoms with Gasteiger partial charge in [-0.1, -0.05) is 44.0 Å². The first-order valence-corrected chi connectivity index (χ1v) is 6.85. The molecular weight excluding hydrogens is 304 g/mol. The third-order valence-electron chi connectivity index (χ3n) is 2.73. The van der Waals surface area contributed by atoms with E-state index in [2.05, 4.69) is 56.1 Å². The zero-order valence-corrected chi connectivity index (χ0v) is 11.2. The molecule has 0 aliphatic heterocycles. The summed E-state index contributed by atoms with van der Waals surface area (Å²) in [6.45, 7) is 0. The van der Waals surface area contributed by atoms with Gasteiger partial charge in [0.05, 0.1) is 0 Å². The topological polar surface area (TPSA) is 0 Å². The second-order valence-electron chi connectivity index (χ2n) is 4.02. The van der Waals surface area contributed by atoms with Crippen LogP contribution >= 0.6 is 31.9 Å². The number of hydrogen-bond acceptors (Lipinski definition) is 0. The highest BCUT2D eigenvalue weighted by molar-refractivity contribution is 9.10. The molecule has 0 N–H and O–H groups in total. The lowest BCUT2D eigenvalue weighted by atomic mass is 10.1. The van der Waals surface area contributed by atoms with Crippen LogP contribution in [0.3, 0.4) is 0 Å². The molecule has 2 rings (SSSR count). The molecule has 0 aromatic heterocycles. The molecule has 0 radical (unpaired) electrons. The van der Waals surface area contributed by atoms with Crippen molar-refractivity contribution in [1.29, 1.82) is 0 Å². The molecule has 1 unspecified atom stereocenters. The van der Waals surface area contributed by atoms with Crippen LogP contribution in [0.15, 0.2) is 28.7 Å². The standard InChI is InChI=1S/C12H14Br2/c13-11-3-1-2-9(8-11)4-7-12(14)10-5-6-10/h1-3,8,10,12H,4-7H2. The van der Waals surface area contributed by atoms with E-state index in [1.165, 1.54) is 35.7 Å². The van der Waals surface area contributed by atoms with Gasteiger partial charge >= 0.3 is 0 Å². The summed E-state index contributed by atoms with van der Waals surface area (Å²) < 4.78 is 1.19. The van der Waals surface area contributed by atoms with Crippen LogP contribution in [-0.4, -0.2) is 4.83 Å². The van der Waals surface area contributed by atoms with Crippen molar-refractivity contribution in [3.05, 3.63) is 34.3 Å². The van der Waals surface area contributed by atoms with E-state index in [1.807, 2.05) is 0 Å². The Morgan fingerprint density at radius 2 is 2.14 bits per heavy atom. The summed E-state index contributed by atoms with van der Waals surface area (Å²) in [6, 6.07) is 8.61. The summed E-state index contributed by atoms with van der Waals surface area (Å²) in [4.78, 5) is 0.737. The summed E-state index contributed by atoms with van der Waals surface area (Å²) in [6.07, 6.45) is 5.30. The Labute approximate surface area is 102 Å². The molecule has 0 saturated heterocycles. The van der Waals surface area contributed by atoms with Crippen LogP contribution in [0.2, 0.25) is 0 Å². The maximum atomic E-state index is 3.77. The van der Waals surface area contributed by atoms with Crippen LogP contribution in [-0.2, 0) is 6.42 Å². The molecule has 2 heteroatoms. The Bertz CT molecular complexity index is 305. The second kappa shape index (κ2) is 4.80. The first-order chi connectivity index (χ1) is 6.75. The van der Waals surface area contributed by atoms with Gasteiger partial charge in [-0.15, -0.1) is 0 Å². The van der Waals surface area contributed by atoms with E-state index in [1.54, 1.807) is 0 Å². The summed E-state index contributed by atoms with van der Waals surface area (Å²) in [5, 5.41) is 0. The minimum absolute atomic E-state index is 0.737. The van der Waals surface area contributed by atoms with Crippen LogP contribution < -0.4 is 0 Å². The van der Waals surface area contributed by atoms with Crippen molar-refractivity contribution < 1.29 is 0 Å². The summed E-state index contributed by atoms with van der Waals surface area (Å²) in [7, 11) is 0. The molecule has 0 spiro atoms. The Kier molecular flexibility index (Phi) is 3.67. The van der Waals surface area contributed by atoms with Gasteiger partial charge in [0, 0.05) is 9.30 Å². The molecule has 1 saturated carbocycles. The molecule has 1 atom stereocenters. The quantitative estimate of drug-likeness (QED) is 0.714. The first kappa shape index (κ1) is 10.7. The lowest BCUT2D eigenvalue weighted by Crippen LogP contribution is -2.02. The highest BCUT2D eigenvalue weighted by atomic mass is 79.9. The smallest absolute Gasteiger partial charge is 0.0177 e. The molecule has 1 aromatic carbocycles. The van der Waals surface area contributed by atoms with Gasteiger partial charge in [0.15, 0.2) is 0 Å². The van der Waals surface area contributed by atoms with Crippen LogP contribution in [0.4, 0.5) is 0 Å². The fourth-order valence-electron chi connectivity index (χ4n) is 1.69. The predicted octanol–water partition coefficient (Wildman–Crippen LogP) is 4.56. The van der Waals surface area contributed by atoms with E-state index >= 15 is 0 Å². The van der Waals surface area contributed by atoms with Gasteiger partial charge in [-0.2, -0.15) is 0 Å². The van der Waals surface area contributed by atoms with E-state index in [4.69, 9.17) is 0 Å². The van der Waals surface area contributed by atoms with Gasteiger partial charge in [-0.3, -0.25) is 0 Å². The monoisotopic (exact) mass is 316 g/mol. The van der Waals surface area contributed by atoms with E-state index in [-0.39, 0.29) is 0 Å². The molecule has 0 bridgehead atoms. The molecule has 0 heterocycles. The predicted molar refractivity (Wildman–Crippen MR) is 67.9 cm³/mol. The van der Waals surface area contributed by atoms with Gasteiger partial charge in [0.2, 0.25) is 0 Å². The summed E-state index contributed by atoms with van der Waals surface area (Å²) in [5.41, 5.74) is 1.43. The number of aryl methyl sites for hydroxylation is 1. The molecule has 76 valence electrons. The van der Waals surface area contributed by atoms with Crippen molar-refractivity contribution in [3.63, 3.8) is 0 Å². The van der Waals surface area contributed by atoms with Crippen molar-refractivity contribution in [2.45, 2.75) is 30.5 Å². The van der Waals surface area contributed by atoms with Gasteiger partial charge in [0.1, 0.15) is 0 Å². The van der Waals surface area contributed by atoms with Crippen molar-refractivity contribution in [3.8, 4) is 0 Å². The number of benzene rings is 1. The molecule has 0 amide bonds. The SMILES string of the molecule is Brc1cccc(CCC(Br)C2CC2)c1. The number of halogens is 2. The Hall–Kier alpha value is 0.180. The third-order valence-corrected chi connectivity index (χ3v) is 4.43. The molecule has 0 nitrogen and oxygen atoms in total. The molecular formula is C12H14Br2. The fraction of sp³-hybridized carbons (Fsp3) is 0.500. The van der Waals surface area contributed by atoms with Crippen LogP contribution in [0, 0.1) is 5.92 Å². The molecule has 1 fully saturated rings. The highest BCUT2D eigenvalue weighted by Crippen LogP contribution is 2.38. The minimum atomic E-state index is 0.737. The summed E-state index contributed by atoms with van der Waals surface area (Å²) in [5.74, 6) is 0.960. The number of rotatable bonds is 4. The fourth-order valence-corrected chi connectivity index (χ4v) is 2.89. The van der Waals surface area contributed by atoms with Crippen LogP contribution in [0.1, 0.15) is 24.8 Å². The molecule has 1 aromatic rings. The van der Waals surface area contributed by atoms with Gasteiger partial charge in [-0.25, -0.2) is 0 Å². The van der Waals surface area contributed by atoms with Crippen molar-refractivity contribution in [2.75, 3.05) is 0 Å². The zero-order valence-electron chi connectivity index (χ0n) is 8.05. The maximum absolute atomic E-state index is 3.77. The van der Waals surface area contributed by atoms with Gasteiger partial charge in [-0.05, 0) is 49.3 Å². The van der Waals surface area contributed by atoms with E-state index in [9.17, 15) is 0 Å². The minimum Gasteiger partial charge on any atom is -0.0888 e. The average molecular weight is 318 g/mol. The van der Waals surface area contributed by atoms with Crippen LogP contribution in [0.5, 0.6) is 0 Å².